The summed E-state index contributed by atoms with van der Waals surface area (Å²) in [5, 5.41) is 1.65. The Balaban J connectivity index is 2.64. The van der Waals surface area contributed by atoms with Crippen LogP contribution in [0, 0.1) is 5.41 Å². The highest BCUT2D eigenvalue weighted by molar-refractivity contribution is 6.48. The number of rotatable bonds is 2. The topological polar surface area (TPSA) is 29.5 Å². The smallest absolute Gasteiger partial charge is 0.277 e. The maximum absolute atomic E-state index is 12.9. The first kappa shape index (κ1) is 16.2. The van der Waals surface area contributed by atoms with E-state index in [0.29, 0.717) is 0 Å². The van der Waals surface area contributed by atoms with Crippen LogP contribution in [0.4, 0.5) is 0 Å². The number of benzene rings is 1. The molecule has 0 N–H and O–H groups in total. The number of nitrogens with zero attached hydrogens (tertiary/aromatic N) is 1. The number of carbonyl (C=O) groups is 1. The summed E-state index contributed by atoms with van der Waals surface area (Å²) >= 11 is 0. The van der Waals surface area contributed by atoms with Crippen LogP contribution in [-0.4, -0.2) is 25.5 Å². The largest absolute Gasteiger partial charge is 0.321 e. The molecule has 0 aromatic heterocycles. The molecular weight excluding hydrogens is 278 g/mol. The Labute approximate surface area is 130 Å². The molecule has 1 aliphatic rings. The first-order valence-corrected chi connectivity index (χ1v) is 10.4. The lowest BCUT2D eigenvalue weighted by Crippen LogP contribution is -2.58. The highest BCUT2D eigenvalue weighted by Gasteiger charge is 2.51. The maximum Gasteiger partial charge on any atom is 0.277 e. The molecule has 4 heteroatoms. The van der Waals surface area contributed by atoms with E-state index in [9.17, 15) is 4.79 Å². The Morgan fingerprint density at radius 2 is 1.76 bits per heavy atom. The fourth-order valence-electron chi connectivity index (χ4n) is 3.73. The standard InChI is InChI=1S/C17H27NO2Si/c1-16(2,3)14-12-10-8-9-11-13(12)15(19)18(17(14,4)5)20-21(6)7/h8-11,14,21H,1-7H3. The van der Waals surface area contributed by atoms with E-state index in [1.54, 1.807) is 5.06 Å². The number of hydrogen-bond acceptors (Lipinski definition) is 2. The predicted octanol–water partition coefficient (Wildman–Crippen LogP) is 3.97. The lowest BCUT2D eigenvalue weighted by molar-refractivity contribution is -0.123. The van der Waals surface area contributed by atoms with E-state index >= 15 is 0 Å². The quantitative estimate of drug-likeness (QED) is 0.774. The van der Waals surface area contributed by atoms with Crippen LogP contribution in [0.1, 0.15) is 56.5 Å². The Bertz CT molecular complexity index is 546. The average molecular weight is 305 g/mol. The number of carbonyl (C=O) groups excluding carboxylic acids is 1. The third-order valence-corrected chi connectivity index (χ3v) is 4.73. The van der Waals surface area contributed by atoms with Crippen molar-refractivity contribution in [3.05, 3.63) is 35.4 Å². The van der Waals surface area contributed by atoms with Gasteiger partial charge < -0.3 is 4.53 Å². The van der Waals surface area contributed by atoms with Crippen LogP contribution in [0.5, 0.6) is 0 Å². The van der Waals surface area contributed by atoms with Crippen molar-refractivity contribution >= 4 is 14.9 Å². The normalized spacial score (nSPS) is 21.6. The molecule has 1 aliphatic heterocycles. The van der Waals surface area contributed by atoms with Gasteiger partial charge in [0.05, 0.1) is 5.54 Å². The van der Waals surface area contributed by atoms with Crippen LogP contribution in [0.3, 0.4) is 0 Å². The van der Waals surface area contributed by atoms with Gasteiger partial charge in [-0.25, -0.2) is 5.06 Å². The van der Waals surface area contributed by atoms with Gasteiger partial charge in [0.1, 0.15) is 0 Å². The second kappa shape index (κ2) is 5.25. The molecule has 0 radical (unpaired) electrons. The zero-order chi connectivity index (χ0) is 16.0. The molecule has 1 aromatic rings. The summed E-state index contributed by atoms with van der Waals surface area (Å²) in [6.45, 7) is 15.1. The highest BCUT2D eigenvalue weighted by Crippen LogP contribution is 2.50. The second-order valence-electron chi connectivity index (χ2n) is 7.79. The van der Waals surface area contributed by atoms with Gasteiger partial charge in [0.25, 0.3) is 5.91 Å². The molecule has 0 saturated carbocycles. The molecule has 1 unspecified atom stereocenters. The van der Waals surface area contributed by atoms with Gasteiger partial charge in [-0.3, -0.25) is 4.79 Å². The minimum atomic E-state index is -1.35. The fourth-order valence-corrected chi connectivity index (χ4v) is 4.52. The van der Waals surface area contributed by atoms with E-state index in [1.807, 2.05) is 18.2 Å². The number of fused-ring (bicyclic) bond motifs is 1. The van der Waals surface area contributed by atoms with E-state index in [0.717, 1.165) is 11.1 Å². The molecule has 0 bridgehead atoms. The summed E-state index contributed by atoms with van der Waals surface area (Å²) < 4.78 is 6.02. The van der Waals surface area contributed by atoms with Crippen molar-refractivity contribution in [1.82, 2.24) is 5.06 Å². The summed E-state index contributed by atoms with van der Waals surface area (Å²) in [5.74, 6) is 0.226. The molecular formula is C17H27NO2Si. The molecule has 0 aliphatic carbocycles. The van der Waals surface area contributed by atoms with Gasteiger partial charge in [0, 0.05) is 11.5 Å². The van der Waals surface area contributed by atoms with E-state index in [-0.39, 0.29) is 22.8 Å². The van der Waals surface area contributed by atoms with Gasteiger partial charge in [-0.05, 0) is 44.0 Å². The fraction of sp³-hybridized carbons (Fsp3) is 0.588. The molecule has 116 valence electrons. The Morgan fingerprint density at radius 3 is 2.29 bits per heavy atom. The van der Waals surface area contributed by atoms with E-state index in [4.69, 9.17) is 4.53 Å². The van der Waals surface area contributed by atoms with Gasteiger partial charge in [0.15, 0.2) is 0 Å². The van der Waals surface area contributed by atoms with Crippen molar-refractivity contribution in [3.8, 4) is 0 Å². The Kier molecular flexibility index (Phi) is 4.06. The maximum atomic E-state index is 12.9. The van der Waals surface area contributed by atoms with E-state index < -0.39 is 9.04 Å². The van der Waals surface area contributed by atoms with Gasteiger partial charge in [-0.2, -0.15) is 0 Å². The first-order valence-electron chi connectivity index (χ1n) is 7.67. The van der Waals surface area contributed by atoms with Crippen molar-refractivity contribution in [2.24, 2.45) is 5.41 Å². The molecule has 0 spiro atoms. The lowest BCUT2D eigenvalue weighted by Gasteiger charge is -2.52. The SMILES string of the molecule is C[SiH](C)ON1C(=O)c2ccccc2C(C(C)(C)C)C1(C)C. The van der Waals surface area contributed by atoms with Crippen LogP contribution in [0.25, 0.3) is 0 Å². The summed E-state index contributed by atoms with van der Waals surface area (Å²) in [7, 11) is -1.35. The van der Waals surface area contributed by atoms with Crippen molar-refractivity contribution < 1.29 is 9.32 Å². The molecule has 0 fully saturated rings. The van der Waals surface area contributed by atoms with Crippen LogP contribution >= 0.6 is 0 Å². The molecule has 21 heavy (non-hydrogen) atoms. The third-order valence-electron chi connectivity index (χ3n) is 4.10. The van der Waals surface area contributed by atoms with Crippen LogP contribution in [0.2, 0.25) is 13.1 Å². The zero-order valence-electron chi connectivity index (χ0n) is 14.2. The van der Waals surface area contributed by atoms with Gasteiger partial charge in [-0.15, -0.1) is 0 Å². The van der Waals surface area contributed by atoms with Gasteiger partial charge >= 0.3 is 0 Å². The molecule has 0 saturated heterocycles. The monoisotopic (exact) mass is 305 g/mol. The molecule has 2 rings (SSSR count). The molecule has 1 heterocycles. The van der Waals surface area contributed by atoms with Crippen molar-refractivity contribution in [2.45, 2.75) is 59.2 Å². The second-order valence-corrected chi connectivity index (χ2v) is 10.1. The van der Waals surface area contributed by atoms with Crippen LogP contribution in [0.15, 0.2) is 24.3 Å². The van der Waals surface area contributed by atoms with Crippen LogP contribution in [-0.2, 0) is 4.53 Å². The van der Waals surface area contributed by atoms with Crippen molar-refractivity contribution in [2.75, 3.05) is 0 Å². The summed E-state index contributed by atoms with van der Waals surface area (Å²) in [5.41, 5.74) is 1.61. The Hall–Kier alpha value is -1.13. The van der Waals surface area contributed by atoms with Crippen molar-refractivity contribution in [3.63, 3.8) is 0 Å². The predicted molar refractivity (Wildman–Crippen MR) is 88.8 cm³/mol. The minimum absolute atomic E-state index is 0.00250. The van der Waals surface area contributed by atoms with Gasteiger partial charge in [-0.1, -0.05) is 39.0 Å². The van der Waals surface area contributed by atoms with Gasteiger partial charge in [0.2, 0.25) is 9.04 Å². The van der Waals surface area contributed by atoms with Crippen molar-refractivity contribution in [1.29, 1.82) is 0 Å². The van der Waals surface area contributed by atoms with Crippen LogP contribution < -0.4 is 0 Å². The molecule has 1 atom stereocenters. The Morgan fingerprint density at radius 1 is 1.19 bits per heavy atom. The number of hydrogen-bond donors (Lipinski definition) is 0. The molecule has 1 amide bonds. The van der Waals surface area contributed by atoms with E-state index in [2.05, 4.69) is 53.8 Å². The average Bonchev–Trinajstić information content (AvgIpc) is 2.32. The first-order chi connectivity index (χ1) is 9.56. The minimum Gasteiger partial charge on any atom is -0.321 e. The molecule has 3 nitrogen and oxygen atoms in total. The summed E-state index contributed by atoms with van der Waals surface area (Å²) in [4.78, 5) is 12.9. The number of hydroxylamine groups is 2. The van der Waals surface area contributed by atoms with E-state index in [1.165, 1.54) is 0 Å². The third kappa shape index (κ3) is 2.79. The summed E-state index contributed by atoms with van der Waals surface area (Å²) in [6.07, 6.45) is 0. The zero-order valence-corrected chi connectivity index (χ0v) is 15.4. The lowest BCUT2D eigenvalue weighted by atomic mass is 9.64. The number of amides is 1. The molecule has 1 aromatic carbocycles. The highest BCUT2D eigenvalue weighted by atomic mass is 28.3. The summed E-state index contributed by atoms with van der Waals surface area (Å²) in [6, 6.07) is 7.97.